The first-order chi connectivity index (χ1) is 8.24. The Bertz CT molecular complexity index is 497. The molecule has 0 spiro atoms. The molecule has 88 valence electrons. The van der Waals surface area contributed by atoms with Gasteiger partial charge in [0, 0.05) is 6.54 Å². The molecule has 0 bridgehead atoms. The van der Waals surface area contributed by atoms with E-state index in [0.717, 1.165) is 6.42 Å². The van der Waals surface area contributed by atoms with Crippen molar-refractivity contribution in [1.82, 2.24) is 0 Å². The molecule has 1 heteroatoms. The largest absolute Gasteiger partial charge is 0.326 e. The first-order valence-corrected chi connectivity index (χ1v) is 6.13. The summed E-state index contributed by atoms with van der Waals surface area (Å²) in [4.78, 5) is 0. The Morgan fingerprint density at radius 3 is 2.29 bits per heavy atom. The number of hydrogen-bond acceptors (Lipinski definition) is 1. The lowest BCUT2D eigenvalue weighted by atomic mass is 9.96. The summed E-state index contributed by atoms with van der Waals surface area (Å²) < 4.78 is 0. The zero-order chi connectivity index (χ0) is 12.3. The number of benzene rings is 2. The maximum absolute atomic E-state index is 5.79. The summed E-state index contributed by atoms with van der Waals surface area (Å²) in [7, 11) is 0. The molecule has 0 aliphatic heterocycles. The van der Waals surface area contributed by atoms with Crippen LogP contribution in [0.4, 0.5) is 0 Å². The first-order valence-electron chi connectivity index (χ1n) is 6.13. The van der Waals surface area contributed by atoms with Crippen molar-refractivity contribution in [1.29, 1.82) is 0 Å². The molecule has 0 aliphatic carbocycles. The van der Waals surface area contributed by atoms with Gasteiger partial charge in [-0.2, -0.15) is 0 Å². The standard InChI is InChI=1S/C16H19N/c1-3-13-5-8-14(9-6-13)16-10-12(2)4-7-15(16)11-17/h4-10H,3,11,17H2,1-2H3. The zero-order valence-electron chi connectivity index (χ0n) is 10.5. The van der Waals surface area contributed by atoms with Gasteiger partial charge in [0.15, 0.2) is 0 Å². The van der Waals surface area contributed by atoms with E-state index in [-0.39, 0.29) is 0 Å². The van der Waals surface area contributed by atoms with Crippen LogP contribution in [0.3, 0.4) is 0 Å². The van der Waals surface area contributed by atoms with E-state index in [1.54, 1.807) is 0 Å². The van der Waals surface area contributed by atoms with Gasteiger partial charge in [-0.05, 0) is 35.6 Å². The van der Waals surface area contributed by atoms with Crippen LogP contribution in [0, 0.1) is 6.92 Å². The second kappa shape index (κ2) is 5.15. The van der Waals surface area contributed by atoms with Crippen molar-refractivity contribution in [2.75, 3.05) is 0 Å². The summed E-state index contributed by atoms with van der Waals surface area (Å²) in [6.45, 7) is 4.88. The summed E-state index contributed by atoms with van der Waals surface area (Å²) in [6.07, 6.45) is 1.08. The van der Waals surface area contributed by atoms with Crippen LogP contribution >= 0.6 is 0 Å². The zero-order valence-corrected chi connectivity index (χ0v) is 10.5. The van der Waals surface area contributed by atoms with Gasteiger partial charge in [0.05, 0.1) is 0 Å². The predicted molar refractivity (Wildman–Crippen MR) is 73.9 cm³/mol. The fraction of sp³-hybridized carbons (Fsp3) is 0.250. The van der Waals surface area contributed by atoms with Gasteiger partial charge in [-0.25, -0.2) is 0 Å². The van der Waals surface area contributed by atoms with E-state index in [4.69, 9.17) is 5.73 Å². The van der Waals surface area contributed by atoms with E-state index in [1.807, 2.05) is 0 Å². The Hall–Kier alpha value is -1.60. The van der Waals surface area contributed by atoms with Crippen LogP contribution < -0.4 is 5.73 Å². The van der Waals surface area contributed by atoms with Crippen LogP contribution in [0.15, 0.2) is 42.5 Å². The molecule has 0 saturated carbocycles. The van der Waals surface area contributed by atoms with Crippen LogP contribution in [-0.2, 0) is 13.0 Å². The number of aryl methyl sites for hydroxylation is 2. The van der Waals surface area contributed by atoms with Crippen LogP contribution in [0.25, 0.3) is 11.1 Å². The van der Waals surface area contributed by atoms with Crippen molar-refractivity contribution < 1.29 is 0 Å². The molecule has 0 atom stereocenters. The van der Waals surface area contributed by atoms with Gasteiger partial charge in [0.25, 0.3) is 0 Å². The molecule has 0 heterocycles. The fourth-order valence-corrected chi connectivity index (χ4v) is 2.06. The Kier molecular flexibility index (Phi) is 3.60. The molecule has 0 radical (unpaired) electrons. The fourth-order valence-electron chi connectivity index (χ4n) is 2.06. The van der Waals surface area contributed by atoms with Gasteiger partial charge < -0.3 is 5.73 Å². The smallest absolute Gasteiger partial charge is 0.0184 e. The third-order valence-corrected chi connectivity index (χ3v) is 3.16. The molecule has 1 nitrogen and oxygen atoms in total. The van der Waals surface area contributed by atoms with Gasteiger partial charge in [-0.15, -0.1) is 0 Å². The van der Waals surface area contributed by atoms with E-state index in [0.29, 0.717) is 6.54 Å². The van der Waals surface area contributed by atoms with Crippen molar-refractivity contribution in [2.24, 2.45) is 5.73 Å². The minimum atomic E-state index is 0.588. The monoisotopic (exact) mass is 225 g/mol. The first kappa shape index (κ1) is 11.9. The molecule has 2 rings (SSSR count). The highest BCUT2D eigenvalue weighted by Gasteiger charge is 2.04. The average molecular weight is 225 g/mol. The SMILES string of the molecule is CCc1ccc(-c2cc(C)ccc2CN)cc1. The van der Waals surface area contributed by atoms with Gasteiger partial charge in [0.2, 0.25) is 0 Å². The average Bonchev–Trinajstić information content (AvgIpc) is 2.39. The number of nitrogens with two attached hydrogens (primary N) is 1. The highest BCUT2D eigenvalue weighted by molar-refractivity contribution is 5.68. The summed E-state index contributed by atoms with van der Waals surface area (Å²) in [5.74, 6) is 0. The van der Waals surface area contributed by atoms with E-state index in [2.05, 4.69) is 56.3 Å². The number of hydrogen-bond donors (Lipinski definition) is 1. The second-order valence-electron chi connectivity index (χ2n) is 4.42. The van der Waals surface area contributed by atoms with Crippen LogP contribution in [0.1, 0.15) is 23.6 Å². The van der Waals surface area contributed by atoms with Crippen LogP contribution in [0.2, 0.25) is 0 Å². The number of rotatable bonds is 3. The topological polar surface area (TPSA) is 26.0 Å². The Labute approximate surface area is 103 Å². The molecule has 17 heavy (non-hydrogen) atoms. The second-order valence-corrected chi connectivity index (χ2v) is 4.42. The maximum atomic E-state index is 5.79. The van der Waals surface area contributed by atoms with Crippen LogP contribution in [0.5, 0.6) is 0 Å². The van der Waals surface area contributed by atoms with Crippen molar-refractivity contribution >= 4 is 0 Å². The van der Waals surface area contributed by atoms with Crippen molar-refractivity contribution in [3.05, 3.63) is 59.2 Å². The van der Waals surface area contributed by atoms with Crippen LogP contribution in [-0.4, -0.2) is 0 Å². The summed E-state index contributed by atoms with van der Waals surface area (Å²) >= 11 is 0. The van der Waals surface area contributed by atoms with Crippen molar-refractivity contribution in [3.63, 3.8) is 0 Å². The maximum Gasteiger partial charge on any atom is 0.0184 e. The summed E-state index contributed by atoms with van der Waals surface area (Å²) in [5, 5.41) is 0. The lowest BCUT2D eigenvalue weighted by molar-refractivity contribution is 1.07. The minimum absolute atomic E-state index is 0.588. The van der Waals surface area contributed by atoms with Gasteiger partial charge in [-0.1, -0.05) is 55.0 Å². The third-order valence-electron chi connectivity index (χ3n) is 3.16. The molecule has 0 unspecified atom stereocenters. The summed E-state index contributed by atoms with van der Waals surface area (Å²) in [5.41, 5.74) is 12.2. The lowest BCUT2D eigenvalue weighted by Gasteiger charge is -2.10. The lowest BCUT2D eigenvalue weighted by Crippen LogP contribution is -1.99. The Morgan fingerprint density at radius 2 is 1.71 bits per heavy atom. The Balaban J connectivity index is 2.47. The summed E-state index contributed by atoms with van der Waals surface area (Å²) in [6, 6.07) is 15.2. The molecular weight excluding hydrogens is 206 g/mol. The molecule has 0 aliphatic rings. The predicted octanol–water partition coefficient (Wildman–Crippen LogP) is 3.68. The molecule has 2 N–H and O–H groups in total. The molecule has 0 amide bonds. The quantitative estimate of drug-likeness (QED) is 0.847. The van der Waals surface area contributed by atoms with E-state index in [9.17, 15) is 0 Å². The van der Waals surface area contributed by atoms with Gasteiger partial charge in [-0.3, -0.25) is 0 Å². The Morgan fingerprint density at radius 1 is 1.00 bits per heavy atom. The molecular formula is C16H19N. The molecule has 0 fully saturated rings. The van der Waals surface area contributed by atoms with Gasteiger partial charge >= 0.3 is 0 Å². The van der Waals surface area contributed by atoms with Gasteiger partial charge in [0.1, 0.15) is 0 Å². The molecule has 2 aromatic carbocycles. The van der Waals surface area contributed by atoms with Crippen molar-refractivity contribution in [2.45, 2.75) is 26.8 Å². The molecule has 0 saturated heterocycles. The normalized spacial score (nSPS) is 10.5. The van der Waals surface area contributed by atoms with E-state index >= 15 is 0 Å². The van der Waals surface area contributed by atoms with E-state index < -0.39 is 0 Å². The third kappa shape index (κ3) is 2.56. The minimum Gasteiger partial charge on any atom is -0.326 e. The highest BCUT2D eigenvalue weighted by Crippen LogP contribution is 2.25. The van der Waals surface area contributed by atoms with Crippen molar-refractivity contribution in [3.8, 4) is 11.1 Å². The molecule has 2 aromatic rings. The van der Waals surface area contributed by atoms with E-state index in [1.165, 1.54) is 27.8 Å². The molecule has 0 aromatic heterocycles. The highest BCUT2D eigenvalue weighted by atomic mass is 14.5.